The maximum absolute atomic E-state index is 10.8. The summed E-state index contributed by atoms with van der Waals surface area (Å²) in [5.74, 6) is 0.220. The Hall–Kier alpha value is -0.850. The van der Waals surface area contributed by atoms with Gasteiger partial charge in [-0.2, -0.15) is 0 Å². The van der Waals surface area contributed by atoms with Crippen molar-refractivity contribution in [2.24, 2.45) is 0 Å². The highest BCUT2D eigenvalue weighted by Crippen LogP contribution is 2.35. The van der Waals surface area contributed by atoms with Crippen LogP contribution in [-0.2, 0) is 0 Å². The SMILES string of the molecule is O=C(O)c1ccc(Oc2ccc(Br)cc2Br)c(Br)c1. The van der Waals surface area contributed by atoms with Crippen molar-refractivity contribution in [2.45, 2.75) is 0 Å². The Bertz CT molecular complexity index is 641. The smallest absolute Gasteiger partial charge is 0.335 e. The lowest BCUT2D eigenvalue weighted by atomic mass is 10.2. The second kappa shape index (κ2) is 6.07. The van der Waals surface area contributed by atoms with Crippen LogP contribution in [0.15, 0.2) is 49.8 Å². The summed E-state index contributed by atoms with van der Waals surface area (Å²) in [4.78, 5) is 10.8. The molecule has 0 aromatic heterocycles. The standard InChI is InChI=1S/C13H7Br3O3/c14-8-2-4-12(10(16)6-8)19-11-3-1-7(13(17)18)5-9(11)15/h1-6H,(H,17,18). The van der Waals surface area contributed by atoms with E-state index in [-0.39, 0.29) is 5.56 Å². The highest BCUT2D eigenvalue weighted by atomic mass is 79.9. The minimum Gasteiger partial charge on any atom is -0.478 e. The number of carboxylic acid groups (broad SMARTS) is 1. The van der Waals surface area contributed by atoms with Gasteiger partial charge in [-0.25, -0.2) is 4.79 Å². The molecular formula is C13H7Br3O3. The highest BCUT2D eigenvalue weighted by molar-refractivity contribution is 9.11. The van der Waals surface area contributed by atoms with Crippen LogP contribution in [0.4, 0.5) is 0 Å². The van der Waals surface area contributed by atoms with E-state index in [2.05, 4.69) is 47.8 Å². The molecule has 0 aliphatic rings. The van der Waals surface area contributed by atoms with Gasteiger partial charge >= 0.3 is 5.97 Å². The van der Waals surface area contributed by atoms with E-state index in [0.29, 0.717) is 16.0 Å². The van der Waals surface area contributed by atoms with Gasteiger partial charge in [0.1, 0.15) is 11.5 Å². The topological polar surface area (TPSA) is 46.5 Å². The molecule has 0 fully saturated rings. The molecule has 2 aromatic carbocycles. The van der Waals surface area contributed by atoms with Crippen molar-refractivity contribution in [3.05, 3.63) is 55.4 Å². The van der Waals surface area contributed by atoms with Gasteiger partial charge in [0.2, 0.25) is 0 Å². The molecule has 19 heavy (non-hydrogen) atoms. The second-order valence-corrected chi connectivity index (χ2v) is 6.25. The lowest BCUT2D eigenvalue weighted by Crippen LogP contribution is -1.96. The number of hydrogen-bond acceptors (Lipinski definition) is 2. The molecule has 98 valence electrons. The van der Waals surface area contributed by atoms with E-state index in [4.69, 9.17) is 9.84 Å². The zero-order valence-electron chi connectivity index (χ0n) is 9.36. The Labute approximate surface area is 135 Å². The van der Waals surface area contributed by atoms with Gasteiger partial charge in [-0.15, -0.1) is 0 Å². The zero-order valence-corrected chi connectivity index (χ0v) is 14.1. The molecule has 2 rings (SSSR count). The van der Waals surface area contributed by atoms with Gasteiger partial charge in [-0.3, -0.25) is 0 Å². The summed E-state index contributed by atoms with van der Waals surface area (Å²) in [5.41, 5.74) is 0.203. The predicted octanol–water partition coefficient (Wildman–Crippen LogP) is 5.46. The van der Waals surface area contributed by atoms with Crippen molar-refractivity contribution in [1.29, 1.82) is 0 Å². The Kier molecular flexibility index (Phi) is 4.65. The van der Waals surface area contributed by atoms with Gasteiger partial charge in [-0.1, -0.05) is 15.9 Å². The van der Waals surface area contributed by atoms with Crippen LogP contribution in [-0.4, -0.2) is 11.1 Å². The first-order valence-electron chi connectivity index (χ1n) is 5.13. The summed E-state index contributed by atoms with van der Waals surface area (Å²) in [6.07, 6.45) is 0. The molecular weight excluding hydrogens is 444 g/mol. The van der Waals surface area contributed by atoms with Crippen molar-refractivity contribution in [2.75, 3.05) is 0 Å². The van der Waals surface area contributed by atoms with Crippen LogP contribution in [0.3, 0.4) is 0 Å². The molecule has 0 atom stereocenters. The molecule has 1 N–H and O–H groups in total. The van der Waals surface area contributed by atoms with Crippen LogP contribution in [0.2, 0.25) is 0 Å². The minimum atomic E-state index is -0.975. The Balaban J connectivity index is 2.31. The molecule has 0 aliphatic carbocycles. The number of ether oxygens (including phenoxy) is 1. The Morgan fingerprint density at radius 2 is 1.53 bits per heavy atom. The molecule has 0 amide bonds. The number of halogens is 3. The summed E-state index contributed by atoms with van der Waals surface area (Å²) in [5, 5.41) is 8.89. The first-order valence-corrected chi connectivity index (χ1v) is 7.51. The molecule has 0 heterocycles. The lowest BCUT2D eigenvalue weighted by molar-refractivity contribution is 0.0697. The van der Waals surface area contributed by atoms with Crippen molar-refractivity contribution in [3.8, 4) is 11.5 Å². The summed E-state index contributed by atoms with van der Waals surface area (Å²) in [6.45, 7) is 0. The van der Waals surface area contributed by atoms with Crippen LogP contribution in [0.25, 0.3) is 0 Å². The van der Waals surface area contributed by atoms with Gasteiger partial charge < -0.3 is 9.84 Å². The maximum Gasteiger partial charge on any atom is 0.335 e. The number of rotatable bonds is 3. The van der Waals surface area contributed by atoms with Crippen molar-refractivity contribution in [3.63, 3.8) is 0 Å². The number of hydrogen-bond donors (Lipinski definition) is 1. The Morgan fingerprint density at radius 1 is 0.947 bits per heavy atom. The number of aromatic carboxylic acids is 1. The number of carbonyl (C=O) groups is 1. The first-order chi connectivity index (χ1) is 8.97. The molecule has 0 radical (unpaired) electrons. The molecule has 2 aromatic rings. The fourth-order valence-corrected chi connectivity index (χ4v) is 2.98. The largest absolute Gasteiger partial charge is 0.478 e. The van der Waals surface area contributed by atoms with Crippen LogP contribution < -0.4 is 4.74 Å². The van der Waals surface area contributed by atoms with Crippen LogP contribution in [0.1, 0.15) is 10.4 Å². The third kappa shape index (κ3) is 3.58. The highest BCUT2D eigenvalue weighted by Gasteiger charge is 2.10. The van der Waals surface area contributed by atoms with E-state index < -0.39 is 5.97 Å². The third-order valence-corrected chi connectivity index (χ3v) is 4.03. The van der Waals surface area contributed by atoms with Crippen LogP contribution >= 0.6 is 47.8 Å². The second-order valence-electron chi connectivity index (χ2n) is 3.63. The number of carboxylic acids is 1. The third-order valence-electron chi connectivity index (χ3n) is 2.29. The van der Waals surface area contributed by atoms with E-state index in [1.54, 1.807) is 6.07 Å². The predicted molar refractivity (Wildman–Crippen MR) is 83.0 cm³/mol. The quantitative estimate of drug-likeness (QED) is 0.675. The molecule has 0 saturated heterocycles. The summed E-state index contributed by atoms with van der Waals surface area (Å²) in [6, 6.07) is 10.2. The molecule has 0 saturated carbocycles. The molecule has 0 bridgehead atoms. The maximum atomic E-state index is 10.8. The van der Waals surface area contributed by atoms with Crippen LogP contribution in [0, 0.1) is 0 Å². The first kappa shape index (κ1) is 14.6. The molecule has 3 nitrogen and oxygen atoms in total. The fraction of sp³-hybridized carbons (Fsp3) is 0. The minimum absolute atomic E-state index is 0.203. The average molecular weight is 451 g/mol. The lowest BCUT2D eigenvalue weighted by Gasteiger charge is -2.10. The summed E-state index contributed by atoms with van der Waals surface area (Å²) >= 11 is 10.1. The molecule has 0 spiro atoms. The van der Waals surface area contributed by atoms with Gasteiger partial charge in [-0.05, 0) is 68.3 Å². The van der Waals surface area contributed by atoms with Crippen LogP contribution in [0.5, 0.6) is 11.5 Å². The fourth-order valence-electron chi connectivity index (χ4n) is 1.39. The molecule has 0 unspecified atom stereocenters. The van der Waals surface area contributed by atoms with Gasteiger partial charge in [0.05, 0.1) is 14.5 Å². The average Bonchev–Trinajstić information content (AvgIpc) is 2.34. The van der Waals surface area contributed by atoms with E-state index in [0.717, 1.165) is 8.95 Å². The van der Waals surface area contributed by atoms with Crippen molar-refractivity contribution >= 4 is 53.8 Å². The number of benzene rings is 2. The van der Waals surface area contributed by atoms with Crippen molar-refractivity contribution < 1.29 is 14.6 Å². The molecule has 6 heteroatoms. The molecule has 0 aliphatic heterocycles. The Morgan fingerprint density at radius 3 is 2.05 bits per heavy atom. The van der Waals surface area contributed by atoms with E-state index in [1.165, 1.54) is 12.1 Å². The van der Waals surface area contributed by atoms with E-state index >= 15 is 0 Å². The summed E-state index contributed by atoms with van der Waals surface area (Å²) in [7, 11) is 0. The summed E-state index contributed by atoms with van der Waals surface area (Å²) < 4.78 is 8.05. The van der Waals surface area contributed by atoms with Gasteiger partial charge in [0.25, 0.3) is 0 Å². The van der Waals surface area contributed by atoms with E-state index in [9.17, 15) is 4.79 Å². The van der Waals surface area contributed by atoms with E-state index in [1.807, 2.05) is 18.2 Å². The monoisotopic (exact) mass is 448 g/mol. The zero-order chi connectivity index (χ0) is 14.0. The van der Waals surface area contributed by atoms with Gasteiger partial charge in [0, 0.05) is 4.47 Å². The van der Waals surface area contributed by atoms with Crippen molar-refractivity contribution in [1.82, 2.24) is 0 Å². The van der Waals surface area contributed by atoms with Gasteiger partial charge in [0.15, 0.2) is 0 Å². The normalized spacial score (nSPS) is 10.3.